The van der Waals surface area contributed by atoms with Gasteiger partial charge in [0.15, 0.2) is 0 Å². The lowest BCUT2D eigenvalue weighted by Crippen LogP contribution is -2.37. The van der Waals surface area contributed by atoms with Crippen LogP contribution in [-0.2, 0) is 27.8 Å². The second-order valence-corrected chi connectivity index (χ2v) is 7.87. The lowest BCUT2D eigenvalue weighted by atomic mass is 9.96. The lowest BCUT2D eigenvalue weighted by Gasteiger charge is -2.24. The molecule has 1 atom stereocenters. The van der Waals surface area contributed by atoms with Gasteiger partial charge in [-0.05, 0) is 47.9 Å². The van der Waals surface area contributed by atoms with E-state index in [4.69, 9.17) is 21.5 Å². The molecule has 0 spiro atoms. The van der Waals surface area contributed by atoms with Gasteiger partial charge < -0.3 is 10.1 Å². The van der Waals surface area contributed by atoms with E-state index < -0.39 is 10.0 Å². The number of nitrogens with two attached hydrogens (primary N) is 1. The largest absolute Gasteiger partial charge is 0.492 e. The fourth-order valence-corrected chi connectivity index (χ4v) is 3.37. The van der Waals surface area contributed by atoms with Crippen LogP contribution in [0.25, 0.3) is 0 Å². The number of ether oxygens (including phenoxy) is 1. The molecule has 0 aromatic heterocycles. The summed E-state index contributed by atoms with van der Waals surface area (Å²) in [6.07, 6.45) is 0.562. The Morgan fingerprint density at radius 3 is 2.64 bits per heavy atom. The maximum absolute atomic E-state index is 12.4. The van der Waals surface area contributed by atoms with Gasteiger partial charge in [-0.2, -0.15) is 0 Å². The molecule has 0 aliphatic carbocycles. The second kappa shape index (κ2) is 7.03. The Kier molecular flexibility index (Phi) is 4.99. The van der Waals surface area contributed by atoms with Crippen LogP contribution in [0, 0.1) is 5.92 Å². The van der Waals surface area contributed by atoms with Crippen molar-refractivity contribution in [3.63, 3.8) is 0 Å². The highest BCUT2D eigenvalue weighted by atomic mass is 35.5. The first-order valence-corrected chi connectivity index (χ1v) is 9.56. The highest BCUT2D eigenvalue weighted by Crippen LogP contribution is 2.29. The number of carbonyl (C=O) groups excluding carboxylic acids is 1. The van der Waals surface area contributed by atoms with Crippen LogP contribution in [0.5, 0.6) is 5.75 Å². The minimum absolute atomic E-state index is 0.0387. The number of amides is 1. The number of hydrogen-bond donors (Lipinski definition) is 2. The quantitative estimate of drug-likeness (QED) is 0.845. The van der Waals surface area contributed by atoms with Crippen LogP contribution in [0.1, 0.15) is 11.1 Å². The summed E-state index contributed by atoms with van der Waals surface area (Å²) in [5.74, 6) is 0.336. The zero-order valence-electron chi connectivity index (χ0n) is 13.2. The molecule has 3 rings (SSSR count). The summed E-state index contributed by atoms with van der Waals surface area (Å²) in [6, 6.07) is 11.4. The number of rotatable bonds is 4. The zero-order valence-corrected chi connectivity index (χ0v) is 14.8. The number of nitrogens with one attached hydrogen (secondary N) is 1. The summed E-state index contributed by atoms with van der Waals surface area (Å²) in [5.41, 5.74) is 1.69. The molecule has 1 aliphatic heterocycles. The Labute approximate surface area is 151 Å². The minimum atomic E-state index is -3.71. The average Bonchev–Trinajstić information content (AvgIpc) is 2.58. The van der Waals surface area contributed by atoms with Crippen molar-refractivity contribution in [2.75, 3.05) is 6.61 Å². The third-order valence-corrected chi connectivity index (χ3v) is 5.18. The summed E-state index contributed by atoms with van der Waals surface area (Å²) in [4.78, 5) is 12.4. The van der Waals surface area contributed by atoms with E-state index >= 15 is 0 Å². The SMILES string of the molecule is NS(=O)(=O)c1ccc(CNC(=O)[C@H]2COc3ccc(Cl)cc3C2)cc1. The Balaban J connectivity index is 1.60. The second-order valence-electron chi connectivity index (χ2n) is 5.87. The van der Waals surface area contributed by atoms with E-state index in [1.54, 1.807) is 24.3 Å². The van der Waals surface area contributed by atoms with Crippen LogP contribution < -0.4 is 15.2 Å². The number of sulfonamides is 1. The maximum atomic E-state index is 12.4. The van der Waals surface area contributed by atoms with Crippen LogP contribution >= 0.6 is 11.6 Å². The molecule has 132 valence electrons. The normalized spacial score (nSPS) is 16.6. The molecule has 0 fully saturated rings. The maximum Gasteiger partial charge on any atom is 0.238 e. The smallest absolute Gasteiger partial charge is 0.238 e. The van der Waals surface area contributed by atoms with Crippen molar-refractivity contribution < 1.29 is 17.9 Å². The molecule has 1 aliphatic rings. The molecular formula is C17H17ClN2O4S. The Morgan fingerprint density at radius 2 is 1.96 bits per heavy atom. The fourth-order valence-electron chi connectivity index (χ4n) is 2.66. The molecule has 2 aromatic carbocycles. The number of hydrogen-bond acceptors (Lipinski definition) is 4. The summed E-state index contributed by atoms with van der Waals surface area (Å²) in [6.45, 7) is 0.605. The van der Waals surface area contributed by atoms with Gasteiger partial charge in [-0.15, -0.1) is 0 Å². The van der Waals surface area contributed by atoms with Gasteiger partial charge >= 0.3 is 0 Å². The van der Waals surface area contributed by atoms with E-state index in [0.29, 0.717) is 24.6 Å². The van der Waals surface area contributed by atoms with Gasteiger partial charge in [-0.1, -0.05) is 23.7 Å². The van der Waals surface area contributed by atoms with Crippen molar-refractivity contribution in [2.45, 2.75) is 17.9 Å². The van der Waals surface area contributed by atoms with Crippen molar-refractivity contribution in [1.29, 1.82) is 0 Å². The topological polar surface area (TPSA) is 98.5 Å². The summed E-state index contributed by atoms with van der Waals surface area (Å²) in [7, 11) is -3.71. The predicted molar refractivity (Wildman–Crippen MR) is 93.8 cm³/mol. The van der Waals surface area contributed by atoms with Gasteiger partial charge in [0.1, 0.15) is 12.4 Å². The van der Waals surface area contributed by atoms with Gasteiger partial charge in [-0.3, -0.25) is 4.79 Å². The van der Waals surface area contributed by atoms with Crippen LogP contribution in [0.3, 0.4) is 0 Å². The van der Waals surface area contributed by atoms with Crippen molar-refractivity contribution in [1.82, 2.24) is 5.32 Å². The van der Waals surface area contributed by atoms with Crippen molar-refractivity contribution in [2.24, 2.45) is 11.1 Å². The molecule has 0 unspecified atom stereocenters. The molecule has 3 N–H and O–H groups in total. The summed E-state index contributed by atoms with van der Waals surface area (Å²) < 4.78 is 28.1. The third-order valence-electron chi connectivity index (χ3n) is 4.02. The number of benzene rings is 2. The molecule has 1 heterocycles. The van der Waals surface area contributed by atoms with Crippen LogP contribution in [-0.4, -0.2) is 20.9 Å². The van der Waals surface area contributed by atoms with E-state index in [-0.39, 0.29) is 16.7 Å². The highest BCUT2D eigenvalue weighted by molar-refractivity contribution is 7.89. The number of halogens is 1. The van der Waals surface area contributed by atoms with Gasteiger partial charge in [0.2, 0.25) is 15.9 Å². The average molecular weight is 381 g/mol. The van der Waals surface area contributed by atoms with E-state index in [2.05, 4.69) is 5.32 Å². The van der Waals surface area contributed by atoms with Crippen molar-refractivity contribution in [3.05, 3.63) is 58.6 Å². The van der Waals surface area contributed by atoms with Crippen molar-refractivity contribution in [3.8, 4) is 5.75 Å². The predicted octanol–water partition coefficient (Wildman–Crippen LogP) is 1.85. The Hall–Kier alpha value is -2.09. The molecule has 0 bridgehead atoms. The number of fused-ring (bicyclic) bond motifs is 1. The molecule has 6 nitrogen and oxygen atoms in total. The number of carbonyl (C=O) groups is 1. The van der Waals surface area contributed by atoms with Crippen LogP contribution in [0.4, 0.5) is 0 Å². The van der Waals surface area contributed by atoms with E-state index in [1.807, 2.05) is 6.07 Å². The van der Waals surface area contributed by atoms with Crippen LogP contribution in [0.15, 0.2) is 47.4 Å². The molecule has 8 heteroatoms. The Bertz CT molecular complexity index is 897. The molecule has 0 saturated carbocycles. The standard InChI is InChI=1S/C17H17ClN2O4S/c18-14-3-6-16-12(8-14)7-13(10-24-16)17(21)20-9-11-1-4-15(5-2-11)25(19,22)23/h1-6,8,13H,7,9-10H2,(H,20,21)(H2,19,22,23)/t13-/m1/s1. The van der Waals surface area contributed by atoms with E-state index in [1.165, 1.54) is 12.1 Å². The van der Waals surface area contributed by atoms with E-state index in [9.17, 15) is 13.2 Å². The van der Waals surface area contributed by atoms with Gasteiger partial charge in [0.05, 0.1) is 10.8 Å². The lowest BCUT2D eigenvalue weighted by molar-refractivity contribution is -0.126. The van der Waals surface area contributed by atoms with Crippen LogP contribution in [0.2, 0.25) is 5.02 Å². The zero-order chi connectivity index (χ0) is 18.0. The first-order valence-electron chi connectivity index (χ1n) is 7.63. The molecule has 2 aromatic rings. The first-order chi connectivity index (χ1) is 11.8. The number of primary sulfonamides is 1. The highest BCUT2D eigenvalue weighted by Gasteiger charge is 2.26. The minimum Gasteiger partial charge on any atom is -0.492 e. The van der Waals surface area contributed by atoms with Gasteiger partial charge in [0.25, 0.3) is 0 Å². The summed E-state index contributed by atoms with van der Waals surface area (Å²) in [5, 5.41) is 8.50. The molecule has 0 radical (unpaired) electrons. The molecule has 0 saturated heterocycles. The Morgan fingerprint density at radius 1 is 1.24 bits per heavy atom. The fraction of sp³-hybridized carbons (Fsp3) is 0.235. The van der Waals surface area contributed by atoms with E-state index in [0.717, 1.165) is 16.9 Å². The third kappa shape index (κ3) is 4.31. The van der Waals surface area contributed by atoms with Gasteiger partial charge in [0, 0.05) is 11.6 Å². The molecular weight excluding hydrogens is 364 g/mol. The molecule has 1 amide bonds. The van der Waals surface area contributed by atoms with Crippen molar-refractivity contribution >= 4 is 27.5 Å². The monoisotopic (exact) mass is 380 g/mol. The molecule has 25 heavy (non-hydrogen) atoms. The van der Waals surface area contributed by atoms with Gasteiger partial charge in [-0.25, -0.2) is 13.6 Å². The summed E-state index contributed by atoms with van der Waals surface area (Å²) >= 11 is 5.98. The first kappa shape index (κ1) is 17.7.